The molecule has 2 aliphatic rings. The van der Waals surface area contributed by atoms with E-state index in [0.717, 1.165) is 50.0 Å². The lowest BCUT2D eigenvalue weighted by Gasteiger charge is -2.39. The maximum atomic E-state index is 13.2. The minimum absolute atomic E-state index is 0.107. The summed E-state index contributed by atoms with van der Waals surface area (Å²) in [6, 6.07) is 0.561. The number of likely N-dealkylation sites (tertiary alicyclic amines) is 2. The van der Waals surface area contributed by atoms with Gasteiger partial charge in [0.05, 0.1) is 17.5 Å². The summed E-state index contributed by atoms with van der Waals surface area (Å²) in [6.07, 6.45) is 7.35. The van der Waals surface area contributed by atoms with Crippen LogP contribution in [0.4, 0.5) is 0 Å². The first kappa shape index (κ1) is 18.0. The topological polar surface area (TPSA) is 69.3 Å². The van der Waals surface area contributed by atoms with Gasteiger partial charge in [0.25, 0.3) is 5.91 Å². The lowest BCUT2D eigenvalue weighted by molar-refractivity contribution is -0.131. The number of carbonyl (C=O) groups excluding carboxylic acids is 2. The number of hydrogen-bond acceptors (Lipinski definition) is 3. The first-order valence-corrected chi connectivity index (χ1v) is 9.66. The minimum atomic E-state index is 0.107. The molecule has 2 aliphatic heterocycles. The number of hydrogen-bond donors (Lipinski definition) is 1. The highest BCUT2D eigenvalue weighted by atomic mass is 16.2. The van der Waals surface area contributed by atoms with E-state index in [1.807, 2.05) is 16.7 Å². The van der Waals surface area contributed by atoms with Crippen molar-refractivity contribution in [3.8, 4) is 0 Å². The van der Waals surface area contributed by atoms with Gasteiger partial charge in [-0.2, -0.15) is 5.10 Å². The molecule has 0 aromatic carbocycles. The zero-order valence-corrected chi connectivity index (χ0v) is 15.6. The van der Waals surface area contributed by atoms with E-state index in [2.05, 4.69) is 24.0 Å². The third kappa shape index (κ3) is 3.58. The Morgan fingerprint density at radius 1 is 1.16 bits per heavy atom. The Bertz CT molecular complexity index is 609. The van der Waals surface area contributed by atoms with Crippen molar-refractivity contribution in [1.29, 1.82) is 0 Å². The van der Waals surface area contributed by atoms with Crippen LogP contribution in [0, 0.1) is 0 Å². The van der Waals surface area contributed by atoms with E-state index in [9.17, 15) is 9.59 Å². The van der Waals surface area contributed by atoms with Crippen molar-refractivity contribution in [2.45, 2.75) is 77.3 Å². The van der Waals surface area contributed by atoms with Crippen LogP contribution in [0.1, 0.15) is 81.3 Å². The van der Waals surface area contributed by atoms with Crippen molar-refractivity contribution in [2.24, 2.45) is 0 Å². The van der Waals surface area contributed by atoms with E-state index >= 15 is 0 Å². The molecule has 2 amide bonds. The van der Waals surface area contributed by atoms with E-state index in [4.69, 9.17) is 0 Å². The van der Waals surface area contributed by atoms with E-state index < -0.39 is 0 Å². The lowest BCUT2D eigenvalue weighted by Crippen LogP contribution is -2.47. The van der Waals surface area contributed by atoms with Gasteiger partial charge in [-0.1, -0.05) is 6.92 Å². The summed E-state index contributed by atoms with van der Waals surface area (Å²) in [6.45, 7) is 7.71. The molecular weight excluding hydrogens is 316 g/mol. The highest BCUT2D eigenvalue weighted by Crippen LogP contribution is 2.31. The Balaban J connectivity index is 1.73. The summed E-state index contributed by atoms with van der Waals surface area (Å²) in [5, 5.41) is 7.26. The number of aromatic nitrogens is 2. The standard InChI is InChI=1S/C19H30N4O2/c1-4-17(24)22-10-8-15(9-11-22)18-16(12-20-21-18)19(25)23-13(2)6-5-7-14(23)3/h12-15H,4-11H2,1-3H3,(H,20,21)/t13-,14+. The first-order valence-electron chi connectivity index (χ1n) is 9.66. The Morgan fingerprint density at radius 3 is 2.40 bits per heavy atom. The molecule has 0 spiro atoms. The fourth-order valence-electron chi connectivity index (χ4n) is 4.38. The molecule has 2 fully saturated rings. The monoisotopic (exact) mass is 346 g/mol. The number of aromatic amines is 1. The molecule has 3 heterocycles. The SMILES string of the molecule is CCC(=O)N1CCC(c2[nH]ncc2C(=O)N2[C@H](C)CCC[C@@H]2C)CC1. The summed E-state index contributed by atoms with van der Waals surface area (Å²) in [5.41, 5.74) is 1.68. The normalized spacial score (nSPS) is 25.2. The Labute approximate surface area is 149 Å². The predicted molar refractivity (Wildman–Crippen MR) is 96.4 cm³/mol. The smallest absolute Gasteiger partial charge is 0.257 e. The molecule has 2 saturated heterocycles. The zero-order valence-electron chi connectivity index (χ0n) is 15.6. The van der Waals surface area contributed by atoms with Gasteiger partial charge in [-0.05, 0) is 46.0 Å². The van der Waals surface area contributed by atoms with Crippen LogP contribution in [-0.4, -0.2) is 57.0 Å². The van der Waals surface area contributed by atoms with Crippen LogP contribution in [0.2, 0.25) is 0 Å². The molecule has 3 rings (SSSR count). The molecule has 0 aliphatic carbocycles. The van der Waals surface area contributed by atoms with Crippen LogP contribution in [0.3, 0.4) is 0 Å². The molecule has 25 heavy (non-hydrogen) atoms. The van der Waals surface area contributed by atoms with E-state index in [-0.39, 0.29) is 29.8 Å². The van der Waals surface area contributed by atoms with Gasteiger partial charge in [0.15, 0.2) is 0 Å². The second-order valence-electron chi connectivity index (χ2n) is 7.55. The maximum absolute atomic E-state index is 13.2. The largest absolute Gasteiger partial charge is 0.343 e. The van der Waals surface area contributed by atoms with Crippen molar-refractivity contribution in [3.63, 3.8) is 0 Å². The molecule has 1 aromatic rings. The van der Waals surface area contributed by atoms with Crippen molar-refractivity contribution in [1.82, 2.24) is 20.0 Å². The summed E-state index contributed by atoms with van der Waals surface area (Å²) in [5.74, 6) is 0.601. The van der Waals surface area contributed by atoms with Gasteiger partial charge in [0.2, 0.25) is 5.91 Å². The fourth-order valence-corrected chi connectivity index (χ4v) is 4.38. The lowest BCUT2D eigenvalue weighted by atomic mass is 9.90. The van der Waals surface area contributed by atoms with Crippen molar-refractivity contribution < 1.29 is 9.59 Å². The number of H-pyrrole nitrogens is 1. The number of carbonyl (C=O) groups is 2. The molecule has 1 aromatic heterocycles. The molecule has 0 bridgehead atoms. The fraction of sp³-hybridized carbons (Fsp3) is 0.737. The van der Waals surface area contributed by atoms with Gasteiger partial charge in [-0.15, -0.1) is 0 Å². The number of amides is 2. The second kappa shape index (κ2) is 7.58. The molecule has 0 radical (unpaired) electrons. The molecule has 0 saturated carbocycles. The van der Waals surface area contributed by atoms with Gasteiger partial charge in [-0.25, -0.2) is 0 Å². The van der Waals surface area contributed by atoms with Crippen molar-refractivity contribution in [2.75, 3.05) is 13.1 Å². The van der Waals surface area contributed by atoms with Crippen LogP contribution in [-0.2, 0) is 4.79 Å². The van der Waals surface area contributed by atoms with E-state index in [1.165, 1.54) is 6.42 Å². The number of nitrogens with one attached hydrogen (secondary N) is 1. The molecule has 2 atom stereocenters. The van der Waals surface area contributed by atoms with E-state index in [1.54, 1.807) is 6.20 Å². The second-order valence-corrected chi connectivity index (χ2v) is 7.55. The third-order valence-corrected chi connectivity index (χ3v) is 5.89. The van der Waals surface area contributed by atoms with Gasteiger partial charge in [0.1, 0.15) is 0 Å². The Kier molecular flexibility index (Phi) is 5.45. The van der Waals surface area contributed by atoms with Crippen LogP contribution in [0.5, 0.6) is 0 Å². The molecule has 0 unspecified atom stereocenters. The van der Waals surface area contributed by atoms with E-state index in [0.29, 0.717) is 6.42 Å². The molecular formula is C19H30N4O2. The molecule has 6 nitrogen and oxygen atoms in total. The molecule has 138 valence electrons. The quantitative estimate of drug-likeness (QED) is 0.915. The number of nitrogens with zero attached hydrogens (tertiary/aromatic N) is 3. The zero-order chi connectivity index (χ0) is 18.0. The van der Waals surface area contributed by atoms with Crippen LogP contribution in [0.25, 0.3) is 0 Å². The van der Waals surface area contributed by atoms with Crippen LogP contribution in [0.15, 0.2) is 6.20 Å². The Hall–Kier alpha value is -1.85. The summed E-state index contributed by atoms with van der Waals surface area (Å²) in [4.78, 5) is 29.0. The predicted octanol–water partition coefficient (Wildman–Crippen LogP) is 2.93. The third-order valence-electron chi connectivity index (χ3n) is 5.89. The van der Waals surface area contributed by atoms with Crippen molar-refractivity contribution >= 4 is 11.8 Å². The molecule has 6 heteroatoms. The van der Waals surface area contributed by atoms with Crippen molar-refractivity contribution in [3.05, 3.63) is 17.5 Å². The van der Waals surface area contributed by atoms with Crippen LogP contribution >= 0.6 is 0 Å². The highest BCUT2D eigenvalue weighted by molar-refractivity contribution is 5.95. The minimum Gasteiger partial charge on any atom is -0.343 e. The highest BCUT2D eigenvalue weighted by Gasteiger charge is 2.33. The van der Waals surface area contributed by atoms with Crippen LogP contribution < -0.4 is 0 Å². The Morgan fingerprint density at radius 2 is 1.80 bits per heavy atom. The van der Waals surface area contributed by atoms with Gasteiger partial charge >= 0.3 is 0 Å². The molecule has 1 N–H and O–H groups in total. The average molecular weight is 346 g/mol. The summed E-state index contributed by atoms with van der Waals surface area (Å²) >= 11 is 0. The van der Waals surface area contributed by atoms with Gasteiger partial charge < -0.3 is 9.80 Å². The number of rotatable bonds is 3. The average Bonchev–Trinajstić information content (AvgIpc) is 3.10. The van der Waals surface area contributed by atoms with Gasteiger partial charge in [-0.3, -0.25) is 14.7 Å². The van der Waals surface area contributed by atoms with Gasteiger partial charge in [0, 0.05) is 37.5 Å². The first-order chi connectivity index (χ1) is 12.0. The summed E-state index contributed by atoms with van der Waals surface area (Å²) < 4.78 is 0. The number of piperidine rings is 2. The maximum Gasteiger partial charge on any atom is 0.257 e. The summed E-state index contributed by atoms with van der Waals surface area (Å²) in [7, 11) is 0.